The van der Waals surface area contributed by atoms with Gasteiger partial charge in [-0.25, -0.2) is 9.69 Å². The minimum Gasteiger partial charge on any atom is -0.506 e. The SMILES string of the molecule is Cc1cc(N2C(=O)NC(=O)C(=Cc3ccc(O)c(Cl)c3)C2=O)ccc1Br. The number of halogens is 2. The molecule has 0 atom stereocenters. The molecule has 1 fully saturated rings. The molecule has 1 heterocycles. The number of nitrogens with zero attached hydrogens (tertiary/aromatic N) is 1. The van der Waals surface area contributed by atoms with E-state index < -0.39 is 17.8 Å². The molecule has 1 aliphatic heterocycles. The zero-order valence-corrected chi connectivity index (χ0v) is 15.8. The lowest BCUT2D eigenvalue weighted by Gasteiger charge is -2.26. The number of carbonyl (C=O) groups is 3. The second-order valence-electron chi connectivity index (χ2n) is 5.60. The summed E-state index contributed by atoms with van der Waals surface area (Å²) in [5.41, 5.74) is 1.39. The number of aryl methyl sites for hydroxylation is 1. The quantitative estimate of drug-likeness (QED) is 0.555. The first kappa shape index (κ1) is 18.2. The van der Waals surface area contributed by atoms with E-state index in [0.29, 0.717) is 11.3 Å². The van der Waals surface area contributed by atoms with Crippen molar-refractivity contribution >= 4 is 57.1 Å². The van der Waals surface area contributed by atoms with Gasteiger partial charge in [-0.15, -0.1) is 0 Å². The van der Waals surface area contributed by atoms with Crippen LogP contribution in [0.4, 0.5) is 10.5 Å². The van der Waals surface area contributed by atoms with Crippen LogP contribution >= 0.6 is 27.5 Å². The molecule has 132 valence electrons. The third-order valence-corrected chi connectivity index (χ3v) is 4.98. The van der Waals surface area contributed by atoms with E-state index in [0.717, 1.165) is 14.9 Å². The Hall–Kier alpha value is -2.64. The molecule has 0 bridgehead atoms. The highest BCUT2D eigenvalue weighted by Crippen LogP contribution is 2.28. The van der Waals surface area contributed by atoms with E-state index in [9.17, 15) is 19.5 Å². The highest BCUT2D eigenvalue weighted by molar-refractivity contribution is 9.10. The second-order valence-corrected chi connectivity index (χ2v) is 6.86. The van der Waals surface area contributed by atoms with Gasteiger partial charge in [0, 0.05) is 4.47 Å². The first-order valence-electron chi connectivity index (χ1n) is 7.44. The molecule has 2 N–H and O–H groups in total. The van der Waals surface area contributed by atoms with E-state index in [2.05, 4.69) is 21.2 Å². The number of nitrogens with one attached hydrogen (secondary N) is 1. The van der Waals surface area contributed by atoms with Gasteiger partial charge in [0.15, 0.2) is 0 Å². The summed E-state index contributed by atoms with van der Waals surface area (Å²) in [6.07, 6.45) is 1.31. The summed E-state index contributed by atoms with van der Waals surface area (Å²) in [4.78, 5) is 38.0. The van der Waals surface area contributed by atoms with Crippen LogP contribution in [0.2, 0.25) is 5.02 Å². The lowest BCUT2D eigenvalue weighted by atomic mass is 10.1. The third-order valence-electron chi connectivity index (χ3n) is 3.78. The van der Waals surface area contributed by atoms with E-state index >= 15 is 0 Å². The zero-order valence-electron chi connectivity index (χ0n) is 13.4. The Morgan fingerprint density at radius 1 is 1.15 bits per heavy atom. The summed E-state index contributed by atoms with van der Waals surface area (Å²) < 4.78 is 0.830. The van der Waals surface area contributed by atoms with Crippen molar-refractivity contribution in [3.63, 3.8) is 0 Å². The fourth-order valence-corrected chi connectivity index (χ4v) is 2.88. The molecule has 0 aromatic heterocycles. The fraction of sp³-hybridized carbons (Fsp3) is 0.0556. The van der Waals surface area contributed by atoms with Crippen LogP contribution in [0.5, 0.6) is 5.75 Å². The molecule has 1 aliphatic rings. The molecule has 6 nitrogen and oxygen atoms in total. The highest BCUT2D eigenvalue weighted by atomic mass is 79.9. The van der Waals surface area contributed by atoms with E-state index in [1.54, 1.807) is 18.2 Å². The number of hydrogen-bond donors (Lipinski definition) is 2. The summed E-state index contributed by atoms with van der Waals surface area (Å²) in [5, 5.41) is 11.7. The van der Waals surface area contributed by atoms with E-state index in [4.69, 9.17) is 11.6 Å². The topological polar surface area (TPSA) is 86.7 Å². The molecule has 0 aliphatic carbocycles. The third kappa shape index (κ3) is 3.36. The number of imide groups is 2. The van der Waals surface area contributed by atoms with Crippen LogP contribution in [-0.2, 0) is 9.59 Å². The molecule has 8 heteroatoms. The van der Waals surface area contributed by atoms with Crippen LogP contribution in [0.15, 0.2) is 46.4 Å². The van der Waals surface area contributed by atoms with Crippen molar-refractivity contribution in [2.24, 2.45) is 0 Å². The van der Waals surface area contributed by atoms with Gasteiger partial charge in [0.25, 0.3) is 11.8 Å². The van der Waals surface area contributed by atoms with E-state index in [1.807, 2.05) is 6.92 Å². The van der Waals surface area contributed by atoms with Crippen LogP contribution in [0.1, 0.15) is 11.1 Å². The van der Waals surface area contributed by atoms with Gasteiger partial charge >= 0.3 is 6.03 Å². The molecule has 4 amide bonds. The predicted molar refractivity (Wildman–Crippen MR) is 101 cm³/mol. The first-order chi connectivity index (χ1) is 12.3. The van der Waals surface area contributed by atoms with Gasteiger partial charge in [-0.1, -0.05) is 33.6 Å². The zero-order chi connectivity index (χ0) is 19.0. The maximum Gasteiger partial charge on any atom is 0.335 e. The lowest BCUT2D eigenvalue weighted by molar-refractivity contribution is -0.122. The minimum atomic E-state index is -0.817. The highest BCUT2D eigenvalue weighted by Gasteiger charge is 2.36. The Bertz CT molecular complexity index is 987. The Balaban J connectivity index is 2.03. The molecule has 0 saturated carbocycles. The van der Waals surface area contributed by atoms with Crippen molar-refractivity contribution in [2.75, 3.05) is 4.90 Å². The van der Waals surface area contributed by atoms with Crippen molar-refractivity contribution in [1.29, 1.82) is 0 Å². The van der Waals surface area contributed by atoms with Crippen LogP contribution in [0.3, 0.4) is 0 Å². The van der Waals surface area contributed by atoms with Crippen LogP contribution in [0.25, 0.3) is 6.08 Å². The van der Waals surface area contributed by atoms with Crippen LogP contribution in [-0.4, -0.2) is 23.0 Å². The first-order valence-corrected chi connectivity index (χ1v) is 8.61. The molecule has 2 aromatic carbocycles. The molecule has 0 spiro atoms. The van der Waals surface area contributed by atoms with Crippen molar-refractivity contribution in [1.82, 2.24) is 5.32 Å². The Labute approximate surface area is 162 Å². The number of anilines is 1. The average molecular weight is 436 g/mol. The molecule has 0 unspecified atom stereocenters. The molecule has 1 saturated heterocycles. The lowest BCUT2D eigenvalue weighted by Crippen LogP contribution is -2.54. The maximum absolute atomic E-state index is 12.8. The number of carbonyl (C=O) groups excluding carboxylic acids is 3. The summed E-state index contributed by atoms with van der Waals surface area (Å²) in [5.74, 6) is -1.66. The van der Waals surface area contributed by atoms with Gasteiger partial charge in [0.1, 0.15) is 11.3 Å². The molecule has 2 aromatic rings. The van der Waals surface area contributed by atoms with Crippen LogP contribution < -0.4 is 10.2 Å². The van der Waals surface area contributed by atoms with Crippen molar-refractivity contribution in [3.05, 3.63) is 62.6 Å². The van der Waals surface area contributed by atoms with Gasteiger partial charge in [-0.05, 0) is 54.5 Å². The second kappa shape index (κ2) is 6.93. The number of hydrogen-bond acceptors (Lipinski definition) is 4. The Kier molecular flexibility index (Phi) is 4.84. The monoisotopic (exact) mass is 434 g/mol. The summed E-state index contributed by atoms with van der Waals surface area (Å²) in [7, 11) is 0. The number of barbiturate groups is 1. The maximum atomic E-state index is 12.8. The Morgan fingerprint density at radius 3 is 2.54 bits per heavy atom. The Morgan fingerprint density at radius 2 is 1.88 bits per heavy atom. The smallest absolute Gasteiger partial charge is 0.335 e. The van der Waals surface area contributed by atoms with Crippen LogP contribution in [0, 0.1) is 6.92 Å². The number of aromatic hydroxyl groups is 1. The van der Waals surface area contributed by atoms with Crippen molar-refractivity contribution in [3.8, 4) is 5.75 Å². The van der Waals surface area contributed by atoms with Gasteiger partial charge in [-0.3, -0.25) is 14.9 Å². The van der Waals surface area contributed by atoms with E-state index in [-0.39, 0.29) is 16.3 Å². The number of amides is 4. The number of phenolic OH excluding ortho intramolecular Hbond substituents is 1. The number of phenols is 1. The van der Waals surface area contributed by atoms with E-state index in [1.165, 1.54) is 24.3 Å². The van der Waals surface area contributed by atoms with Crippen molar-refractivity contribution < 1.29 is 19.5 Å². The normalized spacial score (nSPS) is 16.2. The molecule has 0 radical (unpaired) electrons. The number of benzene rings is 2. The minimum absolute atomic E-state index is 0.0829. The summed E-state index contributed by atoms with van der Waals surface area (Å²) in [6, 6.07) is 8.41. The molecular weight excluding hydrogens is 424 g/mol. The standard InChI is InChI=1S/C18H12BrClN2O4/c1-9-6-11(3-4-13(9)19)22-17(25)12(16(24)21-18(22)26)7-10-2-5-15(23)14(20)8-10/h2-8,23H,1H3,(H,21,24,26). The predicted octanol–water partition coefficient (Wildman–Crippen LogP) is 3.78. The summed E-state index contributed by atoms with van der Waals surface area (Å²) in [6.45, 7) is 1.82. The van der Waals surface area contributed by atoms with Gasteiger partial charge < -0.3 is 5.11 Å². The fourth-order valence-electron chi connectivity index (χ4n) is 2.44. The molecule has 26 heavy (non-hydrogen) atoms. The largest absolute Gasteiger partial charge is 0.506 e. The van der Waals surface area contributed by atoms with Crippen molar-refractivity contribution in [2.45, 2.75) is 6.92 Å². The van der Waals surface area contributed by atoms with Gasteiger partial charge in [-0.2, -0.15) is 0 Å². The molecule has 3 rings (SSSR count). The molecular formula is C18H12BrClN2O4. The summed E-state index contributed by atoms with van der Waals surface area (Å²) >= 11 is 9.21. The average Bonchev–Trinajstić information content (AvgIpc) is 2.57. The van der Waals surface area contributed by atoms with Gasteiger partial charge in [0.05, 0.1) is 10.7 Å². The number of rotatable bonds is 2. The van der Waals surface area contributed by atoms with Gasteiger partial charge in [0.2, 0.25) is 0 Å². The number of urea groups is 1.